The molecule has 0 fully saturated rings. The quantitative estimate of drug-likeness (QED) is 0.604. The first-order valence-electron chi connectivity index (χ1n) is 7.73. The van der Waals surface area contributed by atoms with E-state index in [0.29, 0.717) is 11.4 Å². The van der Waals surface area contributed by atoms with E-state index in [0.717, 1.165) is 10.1 Å². The van der Waals surface area contributed by atoms with Gasteiger partial charge in [-0.15, -0.1) is 0 Å². The predicted octanol–water partition coefficient (Wildman–Crippen LogP) is 2.96. The van der Waals surface area contributed by atoms with Crippen LogP contribution in [0.2, 0.25) is 0 Å². The number of amides is 2. The summed E-state index contributed by atoms with van der Waals surface area (Å²) in [5.41, 5.74) is 0.949. The van der Waals surface area contributed by atoms with Crippen molar-refractivity contribution in [2.75, 3.05) is 23.3 Å². The van der Waals surface area contributed by atoms with E-state index < -0.39 is 11.8 Å². The summed E-state index contributed by atoms with van der Waals surface area (Å²) in [5.74, 6) is -1.67. The van der Waals surface area contributed by atoms with E-state index >= 15 is 0 Å². The molecule has 6 nitrogen and oxygen atoms in total. The number of hydrogen-bond donors (Lipinski definition) is 0. The fraction of sp³-hybridized carbons (Fsp3) is 0.222. The maximum absolute atomic E-state index is 12.7. The summed E-state index contributed by atoms with van der Waals surface area (Å²) in [5, 5.41) is 1.97. The molecule has 0 aliphatic carbocycles. The van der Waals surface area contributed by atoms with Crippen molar-refractivity contribution in [2.45, 2.75) is 13.8 Å². The average molecular weight is 328 g/mol. The van der Waals surface area contributed by atoms with Crippen LogP contribution in [0.5, 0.6) is 0 Å². The third kappa shape index (κ3) is 4.18. The fourth-order valence-electron chi connectivity index (χ4n) is 2.06. The molecule has 0 saturated carbocycles. The van der Waals surface area contributed by atoms with Gasteiger partial charge in [0.1, 0.15) is 0 Å². The number of anilines is 2. The summed E-state index contributed by atoms with van der Waals surface area (Å²) >= 11 is 0. The summed E-state index contributed by atoms with van der Waals surface area (Å²) in [4.78, 5) is 36.0. The van der Waals surface area contributed by atoms with Gasteiger partial charge in [-0.1, -0.05) is 36.4 Å². The van der Waals surface area contributed by atoms with E-state index in [2.05, 4.69) is 0 Å². The van der Waals surface area contributed by atoms with Gasteiger partial charge in [0.2, 0.25) is 0 Å². The Morgan fingerprint density at radius 3 is 1.33 bits per heavy atom. The summed E-state index contributed by atoms with van der Waals surface area (Å²) in [6, 6.07) is 17.4. The molecule has 0 spiro atoms. The Morgan fingerprint density at radius 2 is 1.04 bits per heavy atom. The molecule has 6 heteroatoms. The highest BCUT2D eigenvalue weighted by Crippen LogP contribution is 2.18. The van der Waals surface area contributed by atoms with Gasteiger partial charge >= 0.3 is 11.8 Å². The highest BCUT2D eigenvalue weighted by Gasteiger charge is 2.30. The van der Waals surface area contributed by atoms with Gasteiger partial charge in [-0.2, -0.15) is 10.1 Å². The van der Waals surface area contributed by atoms with Crippen molar-refractivity contribution in [3.63, 3.8) is 0 Å². The van der Waals surface area contributed by atoms with E-state index in [1.807, 2.05) is 12.1 Å². The summed E-state index contributed by atoms with van der Waals surface area (Å²) in [6.07, 6.45) is 0. The number of para-hydroxylation sites is 2. The molecule has 2 aromatic rings. The van der Waals surface area contributed by atoms with Crippen LogP contribution < -0.4 is 10.1 Å². The van der Waals surface area contributed by atoms with Crippen molar-refractivity contribution in [2.24, 2.45) is 0 Å². The number of hydrogen-bond acceptors (Lipinski definition) is 4. The molecule has 24 heavy (non-hydrogen) atoms. The smallest absolute Gasteiger partial charge is 0.266 e. The van der Waals surface area contributed by atoms with Crippen LogP contribution in [0.3, 0.4) is 0 Å². The number of hydroxylamine groups is 2. The molecular weight excluding hydrogens is 308 g/mol. The maximum atomic E-state index is 12.7. The molecule has 0 radical (unpaired) electrons. The average Bonchev–Trinajstić information content (AvgIpc) is 2.64. The molecule has 0 heterocycles. The van der Waals surface area contributed by atoms with Gasteiger partial charge in [0.05, 0.1) is 24.6 Å². The lowest BCUT2D eigenvalue weighted by Gasteiger charge is -2.25. The van der Waals surface area contributed by atoms with Crippen LogP contribution in [-0.2, 0) is 19.3 Å². The van der Waals surface area contributed by atoms with Crippen LogP contribution in [0.4, 0.5) is 11.4 Å². The van der Waals surface area contributed by atoms with E-state index in [-0.39, 0.29) is 13.2 Å². The van der Waals surface area contributed by atoms with Crippen LogP contribution in [0.15, 0.2) is 60.7 Å². The summed E-state index contributed by atoms with van der Waals surface area (Å²) < 4.78 is 0. The second kappa shape index (κ2) is 8.81. The van der Waals surface area contributed by atoms with Crippen LogP contribution >= 0.6 is 0 Å². The van der Waals surface area contributed by atoms with Crippen LogP contribution in [-0.4, -0.2) is 25.0 Å². The summed E-state index contributed by atoms with van der Waals surface area (Å²) in [6.45, 7) is 3.97. The van der Waals surface area contributed by atoms with Gasteiger partial charge < -0.3 is 0 Å². The van der Waals surface area contributed by atoms with E-state index in [1.165, 1.54) is 0 Å². The monoisotopic (exact) mass is 328 g/mol. The molecule has 126 valence electrons. The van der Waals surface area contributed by atoms with Crippen LogP contribution in [0.1, 0.15) is 13.8 Å². The van der Waals surface area contributed by atoms with Crippen molar-refractivity contribution >= 4 is 23.2 Å². The van der Waals surface area contributed by atoms with Gasteiger partial charge in [0, 0.05) is 0 Å². The highest BCUT2D eigenvalue weighted by molar-refractivity contribution is 6.43. The number of nitrogens with zero attached hydrogens (tertiary/aromatic N) is 2. The largest absolute Gasteiger partial charge is 0.342 e. The molecular formula is C18H20N2O4. The zero-order chi connectivity index (χ0) is 17.4. The summed E-state index contributed by atoms with van der Waals surface area (Å²) in [7, 11) is 0. The van der Waals surface area contributed by atoms with Crippen molar-refractivity contribution in [1.29, 1.82) is 0 Å². The lowest BCUT2D eigenvalue weighted by molar-refractivity contribution is -0.144. The third-order valence-corrected chi connectivity index (χ3v) is 3.05. The van der Waals surface area contributed by atoms with Crippen molar-refractivity contribution in [3.8, 4) is 0 Å². The van der Waals surface area contributed by atoms with Crippen LogP contribution in [0.25, 0.3) is 0 Å². The fourth-order valence-corrected chi connectivity index (χ4v) is 2.06. The van der Waals surface area contributed by atoms with Gasteiger partial charge in [-0.25, -0.2) is 0 Å². The Kier molecular flexibility index (Phi) is 6.48. The topological polar surface area (TPSA) is 59.1 Å². The van der Waals surface area contributed by atoms with Gasteiger partial charge in [0.15, 0.2) is 0 Å². The first-order chi connectivity index (χ1) is 11.7. The molecule has 2 aromatic carbocycles. The molecule has 0 atom stereocenters. The Bertz CT molecular complexity index is 602. The van der Waals surface area contributed by atoms with Crippen molar-refractivity contribution in [1.82, 2.24) is 0 Å². The van der Waals surface area contributed by atoms with E-state index in [1.54, 1.807) is 62.4 Å². The normalized spacial score (nSPS) is 10.2. The molecule has 2 rings (SSSR count). The third-order valence-electron chi connectivity index (χ3n) is 3.05. The minimum absolute atomic E-state index is 0.244. The standard InChI is InChI=1S/C18H20N2O4/c1-3-23-19(15-11-7-5-8-12-15)17(21)18(22)20(24-4-2)16-13-9-6-10-14-16/h5-14H,3-4H2,1-2H3. The first-order valence-corrected chi connectivity index (χ1v) is 7.73. The maximum Gasteiger partial charge on any atom is 0.342 e. The Labute approximate surface area is 141 Å². The second-order valence-corrected chi connectivity index (χ2v) is 4.71. The van der Waals surface area contributed by atoms with E-state index in [9.17, 15) is 9.59 Å². The molecule has 0 saturated heterocycles. The number of carbonyl (C=O) groups excluding carboxylic acids is 2. The molecule has 0 unspecified atom stereocenters. The van der Waals surface area contributed by atoms with Gasteiger partial charge in [-0.05, 0) is 38.1 Å². The molecule has 0 aliphatic heterocycles. The number of carbonyl (C=O) groups is 2. The highest BCUT2D eigenvalue weighted by atomic mass is 16.7. The lowest BCUT2D eigenvalue weighted by atomic mass is 10.3. The zero-order valence-electron chi connectivity index (χ0n) is 13.7. The second-order valence-electron chi connectivity index (χ2n) is 4.71. The molecule has 0 bridgehead atoms. The molecule has 2 amide bonds. The molecule has 0 N–H and O–H groups in total. The minimum atomic E-state index is -0.833. The molecule has 0 aliphatic rings. The number of benzene rings is 2. The Hall–Kier alpha value is -2.70. The Morgan fingerprint density at radius 1 is 0.708 bits per heavy atom. The minimum Gasteiger partial charge on any atom is -0.266 e. The van der Waals surface area contributed by atoms with Crippen molar-refractivity contribution in [3.05, 3.63) is 60.7 Å². The Balaban J connectivity index is 2.28. The first kappa shape index (κ1) is 17.7. The lowest BCUT2D eigenvalue weighted by Crippen LogP contribution is -2.45. The van der Waals surface area contributed by atoms with Crippen molar-refractivity contribution < 1.29 is 19.3 Å². The SMILES string of the molecule is CCON(C(=O)C(=O)N(OCC)c1ccccc1)c1ccccc1. The number of rotatable bonds is 6. The molecule has 0 aromatic heterocycles. The van der Waals surface area contributed by atoms with Crippen LogP contribution in [0, 0.1) is 0 Å². The van der Waals surface area contributed by atoms with Gasteiger partial charge in [0.25, 0.3) is 0 Å². The predicted molar refractivity (Wildman–Crippen MR) is 91.1 cm³/mol. The van der Waals surface area contributed by atoms with Gasteiger partial charge in [-0.3, -0.25) is 19.3 Å². The zero-order valence-corrected chi connectivity index (χ0v) is 13.7. The van der Waals surface area contributed by atoms with E-state index in [4.69, 9.17) is 9.68 Å².